The summed E-state index contributed by atoms with van der Waals surface area (Å²) in [6.45, 7) is 0. The van der Waals surface area contributed by atoms with Crippen LogP contribution in [0.1, 0.15) is 16.7 Å². The van der Waals surface area contributed by atoms with Gasteiger partial charge in [-0.15, -0.1) is 0 Å². The SMILES string of the molecule is Oc1c(-c2ccccc2)cc(-c2ccc3ccccc3c2)c2cccc(C3=CC=CC4=C(c5ccc6ccccc6c5)C=C(c5ccccc5)C34)c12. The molecule has 0 amide bonds. The van der Waals surface area contributed by atoms with Gasteiger partial charge in [-0.2, -0.15) is 0 Å². The minimum absolute atomic E-state index is 0.0108. The number of hydrogen-bond acceptors (Lipinski definition) is 1. The lowest BCUT2D eigenvalue weighted by Gasteiger charge is -2.27. The molecule has 1 unspecified atom stereocenters. The number of phenolic OH excluding ortho intramolecular Hbond substituents is 1. The molecule has 0 saturated heterocycles. The third kappa shape index (κ3) is 4.93. The van der Waals surface area contributed by atoms with Crippen LogP contribution in [0.2, 0.25) is 0 Å². The number of fused-ring (bicyclic) bond motifs is 4. The number of rotatable bonds is 5. The standard InChI is InChI=1S/C51H34O/c52-51-48(36-17-5-2-6-18-36)32-46(40-28-26-34-14-8-10-20-38(34)30-40)44-24-12-22-42(50(44)51)41-21-11-23-43-45(31-47(49(41)43)35-15-3-1-4-16-35)39-27-25-33-13-7-9-19-37(33)29-39/h1-32,49,52H. The van der Waals surface area contributed by atoms with Crippen LogP contribution in [0.3, 0.4) is 0 Å². The summed E-state index contributed by atoms with van der Waals surface area (Å²) in [6.07, 6.45) is 9.12. The van der Waals surface area contributed by atoms with Crippen molar-refractivity contribution in [1.29, 1.82) is 0 Å². The minimum atomic E-state index is -0.0108. The number of hydrogen-bond donors (Lipinski definition) is 1. The van der Waals surface area contributed by atoms with Crippen molar-refractivity contribution in [3.05, 3.63) is 216 Å². The van der Waals surface area contributed by atoms with E-state index in [1.807, 2.05) is 18.2 Å². The van der Waals surface area contributed by atoms with Gasteiger partial charge in [0.2, 0.25) is 0 Å². The molecular weight excluding hydrogens is 629 g/mol. The van der Waals surface area contributed by atoms with Crippen LogP contribution in [0.25, 0.3) is 71.3 Å². The van der Waals surface area contributed by atoms with Crippen LogP contribution in [-0.2, 0) is 0 Å². The van der Waals surface area contributed by atoms with Crippen molar-refractivity contribution in [1.82, 2.24) is 0 Å². The van der Waals surface area contributed by atoms with E-state index in [1.54, 1.807) is 0 Å². The maximum absolute atomic E-state index is 12.4. The first-order valence-electron chi connectivity index (χ1n) is 17.9. The third-order valence-corrected chi connectivity index (χ3v) is 10.9. The summed E-state index contributed by atoms with van der Waals surface area (Å²) in [5.41, 5.74) is 12.5. The summed E-state index contributed by atoms with van der Waals surface area (Å²) in [4.78, 5) is 0. The van der Waals surface area contributed by atoms with Crippen LogP contribution in [0.4, 0.5) is 0 Å². The second-order valence-corrected chi connectivity index (χ2v) is 13.8. The average Bonchev–Trinajstić information content (AvgIpc) is 3.61. The molecule has 8 aromatic rings. The lowest BCUT2D eigenvalue weighted by molar-refractivity contribution is 0.483. The first kappa shape index (κ1) is 30.2. The molecule has 8 aromatic carbocycles. The Bertz CT molecular complexity index is 2830. The van der Waals surface area contributed by atoms with Crippen molar-refractivity contribution in [2.45, 2.75) is 0 Å². The zero-order chi connectivity index (χ0) is 34.6. The zero-order valence-electron chi connectivity index (χ0n) is 28.5. The highest BCUT2D eigenvalue weighted by Crippen LogP contribution is 2.53. The molecule has 0 spiro atoms. The highest BCUT2D eigenvalue weighted by molar-refractivity contribution is 6.13. The van der Waals surface area contributed by atoms with Crippen LogP contribution in [-0.4, -0.2) is 5.11 Å². The van der Waals surface area contributed by atoms with Crippen LogP contribution >= 0.6 is 0 Å². The second-order valence-electron chi connectivity index (χ2n) is 13.8. The van der Waals surface area contributed by atoms with Crippen molar-refractivity contribution >= 4 is 49.0 Å². The topological polar surface area (TPSA) is 20.2 Å². The van der Waals surface area contributed by atoms with Gasteiger partial charge >= 0.3 is 0 Å². The van der Waals surface area contributed by atoms with Gasteiger partial charge in [-0.25, -0.2) is 0 Å². The van der Waals surface area contributed by atoms with Crippen LogP contribution in [0, 0.1) is 5.92 Å². The summed E-state index contributed by atoms with van der Waals surface area (Å²) >= 11 is 0. The molecule has 1 atom stereocenters. The fourth-order valence-corrected chi connectivity index (χ4v) is 8.38. The summed E-state index contributed by atoms with van der Waals surface area (Å²) in [7, 11) is 0. The van der Waals surface area contributed by atoms with E-state index in [2.05, 4.69) is 176 Å². The molecule has 1 heteroatoms. The molecule has 1 nitrogen and oxygen atoms in total. The minimum Gasteiger partial charge on any atom is -0.507 e. The van der Waals surface area contributed by atoms with E-state index in [0.29, 0.717) is 5.75 Å². The highest BCUT2D eigenvalue weighted by atomic mass is 16.3. The highest BCUT2D eigenvalue weighted by Gasteiger charge is 2.34. The smallest absolute Gasteiger partial charge is 0.131 e. The maximum atomic E-state index is 12.4. The van der Waals surface area contributed by atoms with Crippen molar-refractivity contribution in [3.63, 3.8) is 0 Å². The summed E-state index contributed by atoms with van der Waals surface area (Å²) in [5.74, 6) is 0.295. The predicted molar refractivity (Wildman–Crippen MR) is 220 cm³/mol. The Morgan fingerprint density at radius 3 is 1.75 bits per heavy atom. The zero-order valence-corrected chi connectivity index (χ0v) is 28.5. The molecule has 1 N–H and O–H groups in total. The van der Waals surface area contributed by atoms with Gasteiger partial charge in [-0.05, 0) is 107 Å². The number of aromatic hydroxyl groups is 1. The van der Waals surface area contributed by atoms with E-state index in [4.69, 9.17) is 0 Å². The molecule has 2 aliphatic carbocycles. The van der Waals surface area contributed by atoms with E-state index in [0.717, 1.165) is 38.6 Å². The Morgan fingerprint density at radius 2 is 1.04 bits per heavy atom. The Morgan fingerprint density at radius 1 is 0.423 bits per heavy atom. The number of benzene rings is 8. The fraction of sp³-hybridized carbons (Fsp3) is 0.0196. The fourth-order valence-electron chi connectivity index (χ4n) is 8.38. The normalized spacial score (nSPS) is 15.3. The van der Waals surface area contributed by atoms with E-state index in [9.17, 15) is 5.11 Å². The van der Waals surface area contributed by atoms with Gasteiger partial charge in [0.15, 0.2) is 0 Å². The van der Waals surface area contributed by atoms with Crippen LogP contribution in [0.5, 0.6) is 5.75 Å². The Hall–Kier alpha value is -6.70. The Balaban J connectivity index is 1.22. The predicted octanol–water partition coefficient (Wildman–Crippen LogP) is 13.3. The molecule has 0 fully saturated rings. The van der Waals surface area contributed by atoms with E-state index in [1.165, 1.54) is 55.0 Å². The molecular formula is C51H34O. The van der Waals surface area contributed by atoms with Crippen LogP contribution in [0.15, 0.2) is 200 Å². The number of allylic oxidation sites excluding steroid dienone is 8. The van der Waals surface area contributed by atoms with E-state index in [-0.39, 0.29) is 5.92 Å². The lowest BCUT2D eigenvalue weighted by atomic mass is 9.76. The first-order chi connectivity index (χ1) is 25.7. The molecule has 0 saturated carbocycles. The summed E-state index contributed by atoms with van der Waals surface area (Å²) in [5, 5.41) is 19.2. The van der Waals surface area contributed by atoms with E-state index >= 15 is 0 Å². The quantitative estimate of drug-likeness (QED) is 0.194. The lowest BCUT2D eigenvalue weighted by Crippen LogP contribution is -2.09. The van der Waals surface area contributed by atoms with E-state index < -0.39 is 0 Å². The van der Waals surface area contributed by atoms with Gasteiger partial charge in [0.25, 0.3) is 0 Å². The summed E-state index contributed by atoms with van der Waals surface area (Å²) < 4.78 is 0. The Kier molecular flexibility index (Phi) is 7.11. The average molecular weight is 663 g/mol. The largest absolute Gasteiger partial charge is 0.507 e. The molecule has 2 aliphatic rings. The summed E-state index contributed by atoms with van der Waals surface area (Å²) in [6, 6.07) is 60.2. The molecule has 0 aliphatic heterocycles. The van der Waals surface area contributed by atoms with Gasteiger partial charge in [0, 0.05) is 16.9 Å². The van der Waals surface area contributed by atoms with Crippen molar-refractivity contribution in [2.75, 3.05) is 0 Å². The van der Waals surface area contributed by atoms with Gasteiger partial charge in [0.1, 0.15) is 5.75 Å². The monoisotopic (exact) mass is 662 g/mol. The van der Waals surface area contributed by atoms with Crippen molar-refractivity contribution in [2.24, 2.45) is 5.92 Å². The van der Waals surface area contributed by atoms with Crippen molar-refractivity contribution < 1.29 is 5.11 Å². The molecule has 0 aromatic heterocycles. The molecule has 0 heterocycles. The van der Waals surface area contributed by atoms with Gasteiger partial charge in [0.05, 0.1) is 0 Å². The second kappa shape index (κ2) is 12.3. The molecule has 52 heavy (non-hydrogen) atoms. The Labute approximate surface area is 303 Å². The third-order valence-electron chi connectivity index (χ3n) is 10.9. The molecule has 10 rings (SSSR count). The number of phenols is 1. The molecule has 0 radical (unpaired) electrons. The van der Waals surface area contributed by atoms with Crippen molar-refractivity contribution in [3.8, 4) is 28.0 Å². The van der Waals surface area contributed by atoms with Gasteiger partial charge in [-0.1, -0.05) is 170 Å². The van der Waals surface area contributed by atoms with Crippen LogP contribution < -0.4 is 0 Å². The first-order valence-corrected chi connectivity index (χ1v) is 17.9. The van der Waals surface area contributed by atoms with Gasteiger partial charge < -0.3 is 5.11 Å². The van der Waals surface area contributed by atoms with Gasteiger partial charge in [-0.3, -0.25) is 0 Å². The molecule has 0 bridgehead atoms. The molecule has 244 valence electrons. The maximum Gasteiger partial charge on any atom is 0.131 e.